The molecule has 1 aromatic heterocycles. The highest BCUT2D eigenvalue weighted by Crippen LogP contribution is 2.31. The van der Waals surface area contributed by atoms with Crippen LogP contribution >= 0.6 is 27.3 Å². The lowest BCUT2D eigenvalue weighted by atomic mass is 10.1. The summed E-state index contributed by atoms with van der Waals surface area (Å²) in [6.07, 6.45) is 0.804. The largest absolute Gasteiger partial charge is 0.478 e. The van der Waals surface area contributed by atoms with Crippen molar-refractivity contribution >= 4 is 38.9 Å². The van der Waals surface area contributed by atoms with Crippen molar-refractivity contribution in [2.45, 2.75) is 19.4 Å². The van der Waals surface area contributed by atoms with E-state index in [1.54, 1.807) is 11.3 Å². The molecule has 1 unspecified atom stereocenters. The van der Waals surface area contributed by atoms with E-state index in [2.05, 4.69) is 21.2 Å². The van der Waals surface area contributed by atoms with Gasteiger partial charge in [-0.1, -0.05) is 13.0 Å². The summed E-state index contributed by atoms with van der Waals surface area (Å²) in [6, 6.07) is 6.79. The summed E-state index contributed by atoms with van der Waals surface area (Å²) in [5.41, 5.74) is 0.208. The lowest BCUT2D eigenvalue weighted by Gasteiger charge is -2.18. The third kappa shape index (κ3) is 3.02. The van der Waals surface area contributed by atoms with Crippen molar-refractivity contribution in [3.05, 3.63) is 50.4 Å². The lowest BCUT2D eigenvalue weighted by molar-refractivity contribution is 0.0695. The quantitative estimate of drug-likeness (QED) is 0.798. The number of carbonyl (C=O) groups is 1. The smallest absolute Gasteiger partial charge is 0.336 e. The SMILES string of the molecule is CCC(Nc1ccc(C(=O)O)c(Br)c1F)c1cccs1. The highest BCUT2D eigenvalue weighted by Gasteiger charge is 2.18. The molecule has 20 heavy (non-hydrogen) atoms. The van der Waals surface area contributed by atoms with Gasteiger partial charge in [0, 0.05) is 4.88 Å². The normalized spacial score (nSPS) is 12.2. The molecule has 1 atom stereocenters. The number of hydrogen-bond acceptors (Lipinski definition) is 3. The van der Waals surface area contributed by atoms with Gasteiger partial charge in [-0.05, 0) is 45.9 Å². The van der Waals surface area contributed by atoms with Crippen molar-refractivity contribution in [1.82, 2.24) is 0 Å². The third-order valence-corrected chi connectivity index (χ3v) is 4.70. The first kappa shape index (κ1) is 15.0. The summed E-state index contributed by atoms with van der Waals surface area (Å²) >= 11 is 4.60. The molecule has 0 saturated carbocycles. The number of hydrogen-bond donors (Lipinski definition) is 2. The van der Waals surface area contributed by atoms with Crippen molar-refractivity contribution in [2.75, 3.05) is 5.32 Å². The molecule has 2 rings (SSSR count). The Labute approximate surface area is 128 Å². The van der Waals surface area contributed by atoms with Gasteiger partial charge in [0.2, 0.25) is 0 Å². The van der Waals surface area contributed by atoms with Gasteiger partial charge >= 0.3 is 5.97 Å². The summed E-state index contributed by atoms with van der Waals surface area (Å²) in [6.45, 7) is 2.01. The maximum atomic E-state index is 14.2. The second kappa shape index (κ2) is 6.37. The average Bonchev–Trinajstić information content (AvgIpc) is 2.94. The van der Waals surface area contributed by atoms with Crippen molar-refractivity contribution in [1.29, 1.82) is 0 Å². The molecule has 0 bridgehead atoms. The first-order valence-corrected chi connectivity index (χ1v) is 7.73. The number of thiophene rings is 1. The monoisotopic (exact) mass is 357 g/mol. The number of carboxylic acid groups (broad SMARTS) is 1. The van der Waals surface area contributed by atoms with Crippen LogP contribution in [0.2, 0.25) is 0 Å². The zero-order valence-corrected chi connectivity index (χ0v) is 13.1. The Kier molecular flexibility index (Phi) is 4.77. The van der Waals surface area contributed by atoms with Gasteiger partial charge in [-0.2, -0.15) is 0 Å². The molecule has 3 nitrogen and oxygen atoms in total. The van der Waals surface area contributed by atoms with Gasteiger partial charge in [0.1, 0.15) is 0 Å². The second-order valence-corrected chi connectivity index (χ2v) is 5.99. The third-order valence-electron chi connectivity index (χ3n) is 2.94. The molecule has 0 aliphatic heterocycles. The molecule has 0 fully saturated rings. The highest BCUT2D eigenvalue weighted by atomic mass is 79.9. The Hall–Kier alpha value is -1.40. The Morgan fingerprint density at radius 3 is 2.80 bits per heavy atom. The molecule has 106 valence electrons. The number of rotatable bonds is 5. The van der Waals surface area contributed by atoms with Crippen LogP contribution in [0.3, 0.4) is 0 Å². The van der Waals surface area contributed by atoms with E-state index in [1.807, 2.05) is 24.4 Å². The molecule has 2 N–H and O–H groups in total. The maximum Gasteiger partial charge on any atom is 0.336 e. The van der Waals surface area contributed by atoms with Gasteiger partial charge in [-0.15, -0.1) is 11.3 Å². The van der Waals surface area contributed by atoms with Gasteiger partial charge in [0.25, 0.3) is 0 Å². The van der Waals surface area contributed by atoms with E-state index in [0.717, 1.165) is 11.3 Å². The highest BCUT2D eigenvalue weighted by molar-refractivity contribution is 9.10. The minimum atomic E-state index is -1.16. The van der Waals surface area contributed by atoms with Gasteiger partial charge in [-0.3, -0.25) is 0 Å². The number of aromatic carboxylic acids is 1. The standard InChI is InChI=1S/C14H13BrFNO2S/c1-2-9(11-4-3-7-20-11)17-10-6-5-8(14(18)19)12(15)13(10)16/h3-7,9,17H,2H2,1H3,(H,18,19). The topological polar surface area (TPSA) is 49.3 Å². The van der Waals surface area contributed by atoms with E-state index in [-0.39, 0.29) is 16.1 Å². The van der Waals surface area contributed by atoms with E-state index in [1.165, 1.54) is 12.1 Å². The predicted molar refractivity (Wildman–Crippen MR) is 82.0 cm³/mol. The Bertz CT molecular complexity index is 616. The first-order chi connectivity index (χ1) is 9.54. The number of benzene rings is 1. The van der Waals surface area contributed by atoms with E-state index in [0.29, 0.717) is 5.69 Å². The minimum absolute atomic E-state index is 0.00655. The number of carboxylic acids is 1. The van der Waals surface area contributed by atoms with Crippen LogP contribution in [0.4, 0.5) is 10.1 Å². The molecule has 0 aliphatic rings. The van der Waals surface area contributed by atoms with Gasteiger partial charge in [0.05, 0.1) is 21.8 Å². The van der Waals surface area contributed by atoms with Crippen molar-refractivity contribution in [3.63, 3.8) is 0 Å². The van der Waals surface area contributed by atoms with Crippen LogP contribution in [-0.4, -0.2) is 11.1 Å². The first-order valence-electron chi connectivity index (χ1n) is 6.05. The molecule has 0 saturated heterocycles. The summed E-state index contributed by atoms with van der Waals surface area (Å²) in [5.74, 6) is -1.74. The van der Waals surface area contributed by atoms with Crippen molar-refractivity contribution < 1.29 is 14.3 Å². The molecular weight excluding hydrogens is 345 g/mol. The zero-order valence-electron chi connectivity index (χ0n) is 10.7. The number of anilines is 1. The summed E-state index contributed by atoms with van der Waals surface area (Å²) in [7, 11) is 0. The van der Waals surface area contributed by atoms with Crippen molar-refractivity contribution in [2.24, 2.45) is 0 Å². The van der Waals surface area contributed by atoms with E-state index in [4.69, 9.17) is 5.11 Å². The molecule has 0 aliphatic carbocycles. The molecule has 0 amide bonds. The fraction of sp³-hybridized carbons (Fsp3) is 0.214. The zero-order chi connectivity index (χ0) is 14.7. The van der Waals surface area contributed by atoms with Gasteiger partial charge < -0.3 is 10.4 Å². The maximum absolute atomic E-state index is 14.2. The molecule has 0 radical (unpaired) electrons. The summed E-state index contributed by atoms with van der Waals surface area (Å²) in [4.78, 5) is 12.1. The molecular formula is C14H13BrFNO2S. The Balaban J connectivity index is 2.30. The van der Waals surface area contributed by atoms with Crippen molar-refractivity contribution in [3.8, 4) is 0 Å². The molecule has 6 heteroatoms. The van der Waals surface area contributed by atoms with Gasteiger partial charge in [0.15, 0.2) is 5.82 Å². The molecule has 1 aromatic carbocycles. The summed E-state index contributed by atoms with van der Waals surface area (Å²) in [5, 5.41) is 14.0. The van der Waals surface area contributed by atoms with Crippen LogP contribution in [0.1, 0.15) is 34.6 Å². The Morgan fingerprint density at radius 2 is 2.25 bits per heavy atom. The lowest BCUT2D eigenvalue weighted by Crippen LogP contribution is -2.10. The fourth-order valence-electron chi connectivity index (χ4n) is 1.88. The van der Waals surface area contributed by atoms with Crippen LogP contribution in [0.25, 0.3) is 0 Å². The molecule has 1 heterocycles. The van der Waals surface area contributed by atoms with E-state index in [9.17, 15) is 9.18 Å². The predicted octanol–water partition coefficient (Wildman–Crippen LogP) is 4.91. The number of halogens is 2. The van der Waals surface area contributed by atoms with E-state index >= 15 is 0 Å². The minimum Gasteiger partial charge on any atom is -0.478 e. The van der Waals surface area contributed by atoms with Crippen LogP contribution < -0.4 is 5.32 Å². The van der Waals surface area contributed by atoms with Crippen LogP contribution in [0.15, 0.2) is 34.1 Å². The second-order valence-electron chi connectivity index (χ2n) is 4.21. The fourth-order valence-corrected chi connectivity index (χ4v) is 3.25. The van der Waals surface area contributed by atoms with Crippen LogP contribution in [0.5, 0.6) is 0 Å². The number of nitrogens with one attached hydrogen (secondary N) is 1. The van der Waals surface area contributed by atoms with E-state index < -0.39 is 11.8 Å². The molecule has 2 aromatic rings. The summed E-state index contributed by atoms with van der Waals surface area (Å²) < 4.78 is 14.2. The van der Waals surface area contributed by atoms with Crippen LogP contribution in [-0.2, 0) is 0 Å². The van der Waals surface area contributed by atoms with Gasteiger partial charge in [-0.25, -0.2) is 9.18 Å². The average molecular weight is 358 g/mol. The Morgan fingerprint density at radius 1 is 1.50 bits per heavy atom. The molecule has 0 spiro atoms. The van der Waals surface area contributed by atoms with Crippen LogP contribution in [0, 0.1) is 5.82 Å².